The van der Waals surface area contributed by atoms with E-state index < -0.39 is 18.5 Å². The summed E-state index contributed by atoms with van der Waals surface area (Å²) in [5, 5.41) is 0. The van der Waals surface area contributed by atoms with Crippen LogP contribution in [0.5, 0.6) is 0 Å². The molecule has 0 aromatic heterocycles. The van der Waals surface area contributed by atoms with Crippen LogP contribution in [-0.2, 0) is 14.3 Å². The second kappa shape index (κ2) is 10.4. The summed E-state index contributed by atoms with van der Waals surface area (Å²) in [6, 6.07) is 15.2. The summed E-state index contributed by atoms with van der Waals surface area (Å²) < 4.78 is 10.9. The molecule has 1 fully saturated rings. The second-order valence-electron chi connectivity index (χ2n) is 8.67. The molecule has 2 aromatic rings. The first-order valence-electron chi connectivity index (χ1n) is 10.9. The summed E-state index contributed by atoms with van der Waals surface area (Å²) in [7, 11) is 0. The van der Waals surface area contributed by atoms with E-state index in [1.54, 1.807) is 42.5 Å². The first kappa shape index (κ1) is 22.7. The van der Waals surface area contributed by atoms with E-state index in [2.05, 4.69) is 20.8 Å². The zero-order valence-electron chi connectivity index (χ0n) is 18.4. The van der Waals surface area contributed by atoms with E-state index in [1.807, 2.05) is 6.07 Å². The van der Waals surface area contributed by atoms with Crippen LogP contribution in [0.2, 0.25) is 0 Å². The third-order valence-corrected chi connectivity index (χ3v) is 5.99. The van der Waals surface area contributed by atoms with Gasteiger partial charge in [-0.05, 0) is 36.7 Å². The molecule has 0 amide bonds. The molecule has 5 heteroatoms. The lowest BCUT2D eigenvalue weighted by molar-refractivity contribution is -0.159. The molecule has 0 bridgehead atoms. The van der Waals surface area contributed by atoms with Crippen molar-refractivity contribution in [3.63, 3.8) is 0 Å². The maximum atomic E-state index is 12.8. The Morgan fingerprint density at radius 2 is 1.58 bits per heavy atom. The van der Waals surface area contributed by atoms with Crippen molar-refractivity contribution in [2.24, 2.45) is 17.8 Å². The summed E-state index contributed by atoms with van der Waals surface area (Å²) >= 11 is 0. The van der Waals surface area contributed by atoms with Crippen molar-refractivity contribution in [2.75, 3.05) is 6.61 Å². The highest BCUT2D eigenvalue weighted by atomic mass is 16.6. The highest BCUT2D eigenvalue weighted by Gasteiger charge is 2.33. The number of ketones is 1. The molecule has 0 spiro atoms. The van der Waals surface area contributed by atoms with Crippen molar-refractivity contribution in [3.8, 4) is 0 Å². The van der Waals surface area contributed by atoms with Gasteiger partial charge in [0.25, 0.3) is 0 Å². The van der Waals surface area contributed by atoms with Gasteiger partial charge < -0.3 is 9.47 Å². The maximum Gasteiger partial charge on any atom is 0.344 e. The normalized spacial score (nSPS) is 20.8. The van der Waals surface area contributed by atoms with Crippen molar-refractivity contribution < 1.29 is 23.9 Å². The predicted molar refractivity (Wildman–Crippen MR) is 118 cm³/mol. The molecule has 0 aliphatic heterocycles. The number of hydrogen-bond donors (Lipinski definition) is 0. The fourth-order valence-electron chi connectivity index (χ4n) is 4.26. The summed E-state index contributed by atoms with van der Waals surface area (Å²) in [5.74, 6) is -0.291. The van der Waals surface area contributed by atoms with Crippen LogP contribution >= 0.6 is 0 Å². The molecule has 0 radical (unpaired) electrons. The Hall–Kier alpha value is -2.95. The number of benzene rings is 2. The van der Waals surface area contributed by atoms with Crippen LogP contribution in [0, 0.1) is 17.8 Å². The number of hydrogen-bond acceptors (Lipinski definition) is 5. The lowest BCUT2D eigenvalue weighted by Crippen LogP contribution is -2.36. The topological polar surface area (TPSA) is 69.7 Å². The zero-order chi connectivity index (χ0) is 22.4. The molecule has 0 N–H and O–H groups in total. The van der Waals surface area contributed by atoms with Crippen LogP contribution in [0.4, 0.5) is 0 Å². The van der Waals surface area contributed by atoms with Gasteiger partial charge in [-0.15, -0.1) is 0 Å². The fourth-order valence-corrected chi connectivity index (χ4v) is 4.26. The molecular weight excluding hydrogens is 392 g/mol. The van der Waals surface area contributed by atoms with Crippen LogP contribution < -0.4 is 0 Å². The smallest absolute Gasteiger partial charge is 0.344 e. The van der Waals surface area contributed by atoms with Gasteiger partial charge >= 0.3 is 11.9 Å². The molecule has 3 atom stereocenters. The first-order chi connectivity index (χ1) is 14.9. The van der Waals surface area contributed by atoms with Gasteiger partial charge in [-0.25, -0.2) is 9.59 Å². The number of esters is 2. The second-order valence-corrected chi connectivity index (χ2v) is 8.67. The molecule has 2 aromatic carbocycles. The molecule has 0 heterocycles. The van der Waals surface area contributed by atoms with Gasteiger partial charge in [0.1, 0.15) is 6.10 Å². The highest BCUT2D eigenvalue weighted by molar-refractivity contribution is 6.14. The third-order valence-electron chi connectivity index (χ3n) is 5.99. The molecule has 1 aliphatic carbocycles. The Morgan fingerprint density at radius 3 is 2.26 bits per heavy atom. The standard InChI is InChI=1S/C26H30O5/c1-17(2)20-14-13-18(3)15-23(20)31-24(27)16-30-26(29)22-12-8-7-11-21(22)25(28)19-9-5-4-6-10-19/h4-12,17-18,20,23H,13-16H2,1-3H3/t18-,20+,23-/m1/s1. The minimum atomic E-state index is -0.714. The molecule has 1 aliphatic rings. The van der Waals surface area contributed by atoms with Gasteiger partial charge in [0.05, 0.1) is 5.56 Å². The van der Waals surface area contributed by atoms with Gasteiger partial charge in [0, 0.05) is 11.1 Å². The zero-order valence-corrected chi connectivity index (χ0v) is 18.4. The van der Waals surface area contributed by atoms with Crippen LogP contribution in [0.15, 0.2) is 54.6 Å². The van der Waals surface area contributed by atoms with E-state index in [-0.39, 0.29) is 23.0 Å². The van der Waals surface area contributed by atoms with E-state index in [4.69, 9.17) is 9.47 Å². The predicted octanol–water partition coefficient (Wildman–Crippen LogP) is 5.08. The van der Waals surface area contributed by atoms with Crippen molar-refractivity contribution in [3.05, 3.63) is 71.3 Å². The molecule has 164 valence electrons. The SMILES string of the molecule is CC(C)[C@@H]1CC[C@@H](C)C[C@H]1OC(=O)COC(=O)c1ccccc1C(=O)c1ccccc1. The minimum Gasteiger partial charge on any atom is -0.460 e. The summed E-state index contributed by atoms with van der Waals surface area (Å²) in [6.07, 6.45) is 2.85. The lowest BCUT2D eigenvalue weighted by Gasteiger charge is -2.36. The molecule has 0 unspecified atom stereocenters. The van der Waals surface area contributed by atoms with Gasteiger partial charge in [0.15, 0.2) is 12.4 Å². The number of carbonyl (C=O) groups is 3. The van der Waals surface area contributed by atoms with Gasteiger partial charge in [-0.3, -0.25) is 4.79 Å². The Balaban J connectivity index is 1.63. The summed E-state index contributed by atoms with van der Waals surface area (Å²) in [5.41, 5.74) is 0.858. The molecular formula is C26H30O5. The lowest BCUT2D eigenvalue weighted by atomic mass is 9.75. The Bertz CT molecular complexity index is 918. The fraction of sp³-hybridized carbons (Fsp3) is 0.423. The van der Waals surface area contributed by atoms with Crippen LogP contribution in [-0.4, -0.2) is 30.4 Å². The van der Waals surface area contributed by atoms with Gasteiger partial charge in [-0.1, -0.05) is 75.7 Å². The number of ether oxygens (including phenoxy) is 2. The van der Waals surface area contributed by atoms with E-state index in [0.29, 0.717) is 23.3 Å². The average molecular weight is 423 g/mol. The number of rotatable bonds is 7. The van der Waals surface area contributed by atoms with Crippen molar-refractivity contribution in [1.29, 1.82) is 0 Å². The van der Waals surface area contributed by atoms with Crippen LogP contribution in [0.3, 0.4) is 0 Å². The van der Waals surface area contributed by atoms with Crippen LogP contribution in [0.1, 0.15) is 66.3 Å². The summed E-state index contributed by atoms with van der Waals surface area (Å²) in [6.45, 7) is 5.98. The maximum absolute atomic E-state index is 12.8. The number of carbonyl (C=O) groups excluding carboxylic acids is 3. The molecule has 5 nitrogen and oxygen atoms in total. The van der Waals surface area contributed by atoms with Gasteiger partial charge in [0.2, 0.25) is 0 Å². The molecule has 1 saturated carbocycles. The minimum absolute atomic E-state index is 0.135. The van der Waals surface area contributed by atoms with E-state index in [9.17, 15) is 14.4 Å². The van der Waals surface area contributed by atoms with Crippen LogP contribution in [0.25, 0.3) is 0 Å². The Morgan fingerprint density at radius 1 is 0.935 bits per heavy atom. The average Bonchev–Trinajstić information content (AvgIpc) is 2.77. The molecule has 3 rings (SSSR count). The third kappa shape index (κ3) is 5.81. The van der Waals surface area contributed by atoms with E-state index >= 15 is 0 Å². The largest absolute Gasteiger partial charge is 0.460 e. The quantitative estimate of drug-likeness (QED) is 0.460. The monoisotopic (exact) mass is 422 g/mol. The van der Waals surface area contributed by atoms with Crippen molar-refractivity contribution >= 4 is 17.7 Å². The summed E-state index contributed by atoms with van der Waals surface area (Å²) in [4.78, 5) is 37.8. The van der Waals surface area contributed by atoms with E-state index in [0.717, 1.165) is 19.3 Å². The van der Waals surface area contributed by atoms with Crippen molar-refractivity contribution in [1.82, 2.24) is 0 Å². The molecule has 0 saturated heterocycles. The highest BCUT2D eigenvalue weighted by Crippen LogP contribution is 2.35. The van der Waals surface area contributed by atoms with Crippen molar-refractivity contribution in [2.45, 2.75) is 46.1 Å². The van der Waals surface area contributed by atoms with E-state index in [1.165, 1.54) is 6.07 Å². The van der Waals surface area contributed by atoms with Gasteiger partial charge in [-0.2, -0.15) is 0 Å². The Labute approximate surface area is 183 Å². The molecule has 31 heavy (non-hydrogen) atoms. The first-order valence-corrected chi connectivity index (χ1v) is 10.9. The Kier molecular flexibility index (Phi) is 7.61.